The second kappa shape index (κ2) is 6.23. The Hall–Kier alpha value is -2.83. The van der Waals surface area contributed by atoms with E-state index in [1.54, 1.807) is 24.4 Å². The second-order valence-corrected chi connectivity index (χ2v) is 6.15. The molecule has 124 valence electrons. The Labute approximate surface area is 151 Å². The number of para-hydroxylation sites is 1. The molecular formula is C17H10Cl2N4O2. The zero-order valence-corrected chi connectivity index (χ0v) is 14.1. The summed E-state index contributed by atoms with van der Waals surface area (Å²) in [4.78, 5) is 15.5. The van der Waals surface area contributed by atoms with Crippen molar-refractivity contribution in [1.82, 2.24) is 15.2 Å². The van der Waals surface area contributed by atoms with E-state index in [0.717, 1.165) is 10.9 Å². The van der Waals surface area contributed by atoms with Gasteiger partial charge in [0.2, 0.25) is 5.89 Å². The number of aromatic amines is 1. The maximum Gasteiger partial charge on any atom is 0.322 e. The monoisotopic (exact) mass is 372 g/mol. The minimum atomic E-state index is -0.350. The standard InChI is InChI=1S/C17H10Cl2N4O2/c18-10-5-9(6-11(19)7-10)16-22-23-17(25-16)21-15(24)13-8-20-14-4-2-1-3-12(13)14/h1-8,20H,(H,21,23,24). The third-order valence-corrected chi connectivity index (χ3v) is 4.03. The number of carbonyl (C=O) groups is 1. The molecule has 4 aromatic rings. The largest absolute Gasteiger partial charge is 0.403 e. The molecule has 2 N–H and O–H groups in total. The van der Waals surface area contributed by atoms with Crippen LogP contribution in [-0.4, -0.2) is 21.1 Å². The van der Waals surface area contributed by atoms with Crippen molar-refractivity contribution in [3.05, 3.63) is 64.3 Å². The van der Waals surface area contributed by atoms with E-state index in [1.165, 1.54) is 0 Å². The number of H-pyrrole nitrogens is 1. The van der Waals surface area contributed by atoms with E-state index >= 15 is 0 Å². The maximum absolute atomic E-state index is 12.4. The first kappa shape index (κ1) is 15.7. The van der Waals surface area contributed by atoms with Gasteiger partial charge in [-0.25, -0.2) is 0 Å². The first-order valence-electron chi connectivity index (χ1n) is 7.27. The fraction of sp³-hybridized carbons (Fsp3) is 0. The fourth-order valence-corrected chi connectivity index (χ4v) is 3.02. The first-order chi connectivity index (χ1) is 12.1. The summed E-state index contributed by atoms with van der Waals surface area (Å²) in [5.41, 5.74) is 1.92. The topological polar surface area (TPSA) is 83.8 Å². The van der Waals surface area contributed by atoms with Gasteiger partial charge in [-0.1, -0.05) is 46.5 Å². The van der Waals surface area contributed by atoms with Gasteiger partial charge in [0.25, 0.3) is 5.91 Å². The van der Waals surface area contributed by atoms with Crippen LogP contribution < -0.4 is 5.32 Å². The first-order valence-corrected chi connectivity index (χ1v) is 8.03. The highest BCUT2D eigenvalue weighted by Crippen LogP contribution is 2.27. The van der Waals surface area contributed by atoms with Gasteiger partial charge < -0.3 is 9.40 Å². The van der Waals surface area contributed by atoms with Crippen LogP contribution in [0, 0.1) is 0 Å². The van der Waals surface area contributed by atoms with E-state index in [2.05, 4.69) is 20.5 Å². The SMILES string of the molecule is O=C(Nc1nnc(-c2cc(Cl)cc(Cl)c2)o1)c1c[nH]c2ccccc12. The molecule has 1 amide bonds. The molecule has 8 heteroatoms. The summed E-state index contributed by atoms with van der Waals surface area (Å²) >= 11 is 11.9. The lowest BCUT2D eigenvalue weighted by atomic mass is 10.2. The Kier molecular flexibility index (Phi) is 3.91. The number of rotatable bonds is 3. The van der Waals surface area contributed by atoms with E-state index in [4.69, 9.17) is 27.6 Å². The van der Waals surface area contributed by atoms with E-state index in [0.29, 0.717) is 21.2 Å². The highest BCUT2D eigenvalue weighted by atomic mass is 35.5. The Morgan fingerprint density at radius 2 is 1.84 bits per heavy atom. The molecule has 0 aliphatic rings. The van der Waals surface area contributed by atoms with Gasteiger partial charge in [0.05, 0.1) is 5.56 Å². The van der Waals surface area contributed by atoms with Crippen LogP contribution in [-0.2, 0) is 0 Å². The van der Waals surface area contributed by atoms with Crippen LogP contribution in [0.1, 0.15) is 10.4 Å². The Morgan fingerprint density at radius 3 is 2.64 bits per heavy atom. The lowest BCUT2D eigenvalue weighted by Crippen LogP contribution is -2.11. The Bertz CT molecular complexity index is 1070. The van der Waals surface area contributed by atoms with Crippen LogP contribution in [0.3, 0.4) is 0 Å². The number of aromatic nitrogens is 3. The highest BCUT2D eigenvalue weighted by molar-refractivity contribution is 6.35. The van der Waals surface area contributed by atoms with Crippen LogP contribution in [0.25, 0.3) is 22.4 Å². The second-order valence-electron chi connectivity index (χ2n) is 5.27. The summed E-state index contributed by atoms with van der Waals surface area (Å²) in [7, 11) is 0. The van der Waals surface area contributed by atoms with Crippen molar-refractivity contribution in [2.75, 3.05) is 5.32 Å². The number of hydrogen-bond donors (Lipinski definition) is 2. The van der Waals surface area contributed by atoms with Crippen molar-refractivity contribution in [2.45, 2.75) is 0 Å². The summed E-state index contributed by atoms with van der Waals surface area (Å²) in [5.74, 6) is -0.143. The molecule has 4 rings (SSSR count). The molecule has 2 aromatic carbocycles. The number of carbonyl (C=O) groups excluding carboxylic acids is 1. The van der Waals surface area contributed by atoms with E-state index in [-0.39, 0.29) is 17.8 Å². The van der Waals surface area contributed by atoms with Crippen molar-refractivity contribution in [2.24, 2.45) is 0 Å². The van der Waals surface area contributed by atoms with Crippen LogP contribution >= 0.6 is 23.2 Å². The lowest BCUT2D eigenvalue weighted by Gasteiger charge is -1.99. The van der Waals surface area contributed by atoms with Crippen molar-refractivity contribution in [3.8, 4) is 11.5 Å². The van der Waals surface area contributed by atoms with Crippen molar-refractivity contribution >= 4 is 46.0 Å². The maximum atomic E-state index is 12.4. The quantitative estimate of drug-likeness (QED) is 0.542. The molecule has 2 aromatic heterocycles. The minimum Gasteiger partial charge on any atom is -0.403 e. The molecule has 0 radical (unpaired) electrons. The van der Waals surface area contributed by atoms with E-state index in [1.807, 2.05) is 24.3 Å². The van der Waals surface area contributed by atoms with Gasteiger partial charge in [-0.3, -0.25) is 10.1 Å². The molecule has 6 nitrogen and oxygen atoms in total. The third-order valence-electron chi connectivity index (χ3n) is 3.59. The van der Waals surface area contributed by atoms with E-state index < -0.39 is 0 Å². The predicted molar refractivity (Wildman–Crippen MR) is 96.0 cm³/mol. The summed E-state index contributed by atoms with van der Waals surface area (Å²) < 4.78 is 5.48. The number of hydrogen-bond acceptors (Lipinski definition) is 4. The number of benzene rings is 2. The van der Waals surface area contributed by atoms with Gasteiger partial charge >= 0.3 is 6.01 Å². The number of fused-ring (bicyclic) bond motifs is 1. The summed E-state index contributed by atoms with van der Waals surface area (Å²) in [6.07, 6.45) is 1.63. The van der Waals surface area contributed by atoms with Crippen molar-refractivity contribution < 1.29 is 9.21 Å². The number of nitrogens with zero attached hydrogens (tertiary/aromatic N) is 2. The molecule has 2 heterocycles. The van der Waals surface area contributed by atoms with Crippen LogP contribution in [0.2, 0.25) is 10.0 Å². The number of nitrogens with one attached hydrogen (secondary N) is 2. The smallest absolute Gasteiger partial charge is 0.322 e. The Morgan fingerprint density at radius 1 is 1.08 bits per heavy atom. The van der Waals surface area contributed by atoms with Gasteiger partial charge in [0.15, 0.2) is 0 Å². The summed E-state index contributed by atoms with van der Waals surface area (Å²) in [5, 5.41) is 12.0. The molecule has 0 unspecified atom stereocenters. The van der Waals surface area contributed by atoms with Gasteiger partial charge in [-0.05, 0) is 24.3 Å². The van der Waals surface area contributed by atoms with E-state index in [9.17, 15) is 4.79 Å². The van der Waals surface area contributed by atoms with Gasteiger partial charge in [0, 0.05) is 32.7 Å². The van der Waals surface area contributed by atoms with Gasteiger partial charge in [0.1, 0.15) is 0 Å². The van der Waals surface area contributed by atoms with Gasteiger partial charge in [-0.2, -0.15) is 0 Å². The summed E-state index contributed by atoms with van der Waals surface area (Å²) in [6, 6.07) is 12.4. The van der Waals surface area contributed by atoms with Crippen molar-refractivity contribution in [3.63, 3.8) is 0 Å². The zero-order chi connectivity index (χ0) is 17.4. The highest BCUT2D eigenvalue weighted by Gasteiger charge is 2.16. The molecule has 0 atom stereocenters. The van der Waals surface area contributed by atoms with Crippen LogP contribution in [0.4, 0.5) is 6.01 Å². The van der Waals surface area contributed by atoms with Crippen LogP contribution in [0.5, 0.6) is 0 Å². The minimum absolute atomic E-state index is 0.0126. The predicted octanol–water partition coefficient (Wildman–Crippen LogP) is 4.78. The van der Waals surface area contributed by atoms with Crippen molar-refractivity contribution in [1.29, 1.82) is 0 Å². The fourth-order valence-electron chi connectivity index (χ4n) is 2.49. The molecule has 0 spiro atoms. The molecular weight excluding hydrogens is 363 g/mol. The average molecular weight is 373 g/mol. The molecule has 0 aliphatic carbocycles. The number of anilines is 1. The molecule has 0 aliphatic heterocycles. The molecule has 0 saturated carbocycles. The molecule has 0 fully saturated rings. The van der Waals surface area contributed by atoms with Crippen LogP contribution in [0.15, 0.2) is 53.1 Å². The molecule has 0 bridgehead atoms. The summed E-state index contributed by atoms with van der Waals surface area (Å²) in [6.45, 7) is 0. The number of amides is 1. The molecule has 25 heavy (non-hydrogen) atoms. The van der Waals surface area contributed by atoms with Gasteiger partial charge in [-0.15, -0.1) is 5.10 Å². The third kappa shape index (κ3) is 3.09. The average Bonchev–Trinajstić information content (AvgIpc) is 3.20. The molecule has 0 saturated heterocycles. The normalized spacial score (nSPS) is 11.0. The Balaban J connectivity index is 1.59. The number of halogens is 2. The lowest BCUT2D eigenvalue weighted by molar-refractivity contribution is 0.102. The zero-order valence-electron chi connectivity index (χ0n) is 12.6.